The molecule has 0 bridgehead atoms. The van der Waals surface area contributed by atoms with Crippen molar-refractivity contribution >= 4 is 17.7 Å². The lowest BCUT2D eigenvalue weighted by atomic mass is 10.2. The molecule has 2 amide bonds. The minimum absolute atomic E-state index is 0.0147. The average molecular weight is 308 g/mol. The number of anilines is 1. The molecule has 2 N–H and O–H groups in total. The monoisotopic (exact) mass is 308 g/mol. The second kappa shape index (κ2) is 6.91. The molecule has 1 aromatic carbocycles. The summed E-state index contributed by atoms with van der Waals surface area (Å²) in [5.74, 6) is -7.79. The third-order valence-electron chi connectivity index (χ3n) is 2.57. The van der Waals surface area contributed by atoms with Crippen LogP contribution in [0.5, 0.6) is 0 Å². The summed E-state index contributed by atoms with van der Waals surface area (Å²) in [5, 5.41) is 10.1. The quantitative estimate of drug-likeness (QED) is 0.649. The highest BCUT2D eigenvalue weighted by Crippen LogP contribution is 2.24. The van der Waals surface area contributed by atoms with Gasteiger partial charge >= 0.3 is 12.0 Å². The van der Waals surface area contributed by atoms with Crippen LogP contribution in [0.2, 0.25) is 0 Å². The molecule has 0 saturated heterocycles. The number of nitrogens with one attached hydrogen (secondary N) is 1. The average Bonchev–Trinajstić information content (AvgIpc) is 2.40. The first kappa shape index (κ1) is 16.7. The Labute approximate surface area is 117 Å². The molecule has 0 heterocycles. The first-order valence-corrected chi connectivity index (χ1v) is 5.81. The standard InChI is InChI=1S/C12H12F4N2O3/c1-18(4-2-3-8(19)20)12(21)17-11-9(15)6(13)5-7(14)10(11)16/h5H,2-4H2,1H3,(H,17,21)(H,19,20). The van der Waals surface area contributed by atoms with Crippen molar-refractivity contribution in [3.63, 3.8) is 0 Å². The summed E-state index contributed by atoms with van der Waals surface area (Å²) in [6, 6.07) is -1.00. The van der Waals surface area contributed by atoms with Crippen LogP contribution >= 0.6 is 0 Å². The van der Waals surface area contributed by atoms with Crippen molar-refractivity contribution in [2.75, 3.05) is 18.9 Å². The fraction of sp³-hybridized carbons (Fsp3) is 0.333. The number of carboxylic acids is 1. The van der Waals surface area contributed by atoms with Gasteiger partial charge < -0.3 is 15.3 Å². The number of carbonyl (C=O) groups is 2. The van der Waals surface area contributed by atoms with Crippen LogP contribution in [0.4, 0.5) is 28.0 Å². The van der Waals surface area contributed by atoms with E-state index in [0.717, 1.165) is 4.90 Å². The zero-order valence-corrected chi connectivity index (χ0v) is 10.9. The van der Waals surface area contributed by atoms with E-state index in [-0.39, 0.29) is 25.5 Å². The number of nitrogens with zero attached hydrogens (tertiary/aromatic N) is 1. The van der Waals surface area contributed by atoms with Crippen LogP contribution in [0.3, 0.4) is 0 Å². The van der Waals surface area contributed by atoms with E-state index in [0.29, 0.717) is 0 Å². The van der Waals surface area contributed by atoms with Gasteiger partial charge in [0.15, 0.2) is 23.3 Å². The lowest BCUT2D eigenvalue weighted by molar-refractivity contribution is -0.137. The Bertz CT molecular complexity index is 540. The van der Waals surface area contributed by atoms with Crippen molar-refractivity contribution < 1.29 is 32.3 Å². The van der Waals surface area contributed by atoms with Crippen molar-refractivity contribution in [2.45, 2.75) is 12.8 Å². The summed E-state index contributed by atoms with van der Waals surface area (Å²) in [5.41, 5.74) is -1.23. The predicted molar refractivity (Wildman–Crippen MR) is 64.8 cm³/mol. The molecule has 0 radical (unpaired) electrons. The first-order chi connectivity index (χ1) is 9.73. The number of rotatable bonds is 5. The third-order valence-corrected chi connectivity index (χ3v) is 2.57. The number of carbonyl (C=O) groups excluding carboxylic acids is 1. The Morgan fingerprint density at radius 3 is 2.19 bits per heavy atom. The molecule has 9 heteroatoms. The lowest BCUT2D eigenvalue weighted by Crippen LogP contribution is -2.33. The maximum Gasteiger partial charge on any atom is 0.321 e. The van der Waals surface area contributed by atoms with Crippen molar-refractivity contribution in [3.8, 4) is 0 Å². The van der Waals surface area contributed by atoms with Gasteiger partial charge in [0.2, 0.25) is 0 Å². The molecule has 0 aliphatic heterocycles. The number of halogens is 4. The Morgan fingerprint density at radius 2 is 1.71 bits per heavy atom. The van der Waals surface area contributed by atoms with Gasteiger partial charge in [0.05, 0.1) is 0 Å². The topological polar surface area (TPSA) is 69.6 Å². The Kier molecular flexibility index (Phi) is 5.51. The van der Waals surface area contributed by atoms with Crippen LogP contribution < -0.4 is 5.32 Å². The largest absolute Gasteiger partial charge is 0.481 e. The third kappa shape index (κ3) is 4.33. The highest BCUT2D eigenvalue weighted by molar-refractivity contribution is 5.89. The van der Waals surface area contributed by atoms with Crippen LogP contribution in [0, 0.1) is 23.3 Å². The Hall–Kier alpha value is -2.32. The number of aliphatic carboxylic acids is 1. The fourth-order valence-corrected chi connectivity index (χ4v) is 1.45. The summed E-state index contributed by atoms with van der Waals surface area (Å²) >= 11 is 0. The molecule has 0 spiro atoms. The zero-order chi connectivity index (χ0) is 16.2. The number of hydrogen-bond acceptors (Lipinski definition) is 2. The summed E-state index contributed by atoms with van der Waals surface area (Å²) in [7, 11) is 1.24. The van der Waals surface area contributed by atoms with Crippen LogP contribution in [0.15, 0.2) is 6.07 Å². The van der Waals surface area contributed by atoms with E-state index >= 15 is 0 Å². The minimum Gasteiger partial charge on any atom is -0.481 e. The van der Waals surface area contributed by atoms with E-state index < -0.39 is 41.0 Å². The van der Waals surface area contributed by atoms with Gasteiger partial charge in [-0.15, -0.1) is 0 Å². The van der Waals surface area contributed by atoms with E-state index in [1.807, 2.05) is 0 Å². The molecule has 0 saturated carbocycles. The Balaban J connectivity index is 2.77. The molecular formula is C12H12F4N2O3. The van der Waals surface area contributed by atoms with Crippen LogP contribution in [0.1, 0.15) is 12.8 Å². The summed E-state index contributed by atoms with van der Waals surface area (Å²) in [4.78, 5) is 22.8. The Morgan fingerprint density at radius 1 is 1.19 bits per heavy atom. The van der Waals surface area contributed by atoms with Gasteiger partial charge in [0, 0.05) is 26.1 Å². The molecule has 21 heavy (non-hydrogen) atoms. The summed E-state index contributed by atoms with van der Waals surface area (Å²) in [6.45, 7) is -0.0147. The SMILES string of the molecule is CN(CCCC(=O)O)C(=O)Nc1c(F)c(F)cc(F)c1F. The van der Waals surface area contributed by atoms with E-state index in [4.69, 9.17) is 5.11 Å². The van der Waals surface area contributed by atoms with Crippen molar-refractivity contribution in [3.05, 3.63) is 29.3 Å². The molecule has 0 fully saturated rings. The molecule has 0 atom stereocenters. The molecule has 0 aromatic heterocycles. The molecule has 1 aromatic rings. The molecule has 0 unspecified atom stereocenters. The normalized spacial score (nSPS) is 10.3. The fourth-order valence-electron chi connectivity index (χ4n) is 1.45. The van der Waals surface area contributed by atoms with Gasteiger partial charge in [-0.25, -0.2) is 22.4 Å². The smallest absolute Gasteiger partial charge is 0.321 e. The van der Waals surface area contributed by atoms with Gasteiger partial charge in [0.25, 0.3) is 0 Å². The van der Waals surface area contributed by atoms with Gasteiger partial charge in [0.1, 0.15) is 5.69 Å². The number of carboxylic acid groups (broad SMARTS) is 1. The van der Waals surface area contributed by atoms with Crippen molar-refractivity contribution in [1.82, 2.24) is 4.90 Å². The van der Waals surface area contributed by atoms with Crippen molar-refractivity contribution in [1.29, 1.82) is 0 Å². The minimum atomic E-state index is -1.72. The van der Waals surface area contributed by atoms with Crippen LogP contribution in [0.25, 0.3) is 0 Å². The number of hydrogen-bond donors (Lipinski definition) is 2. The van der Waals surface area contributed by atoms with E-state index in [1.165, 1.54) is 7.05 Å². The first-order valence-electron chi connectivity index (χ1n) is 5.81. The van der Waals surface area contributed by atoms with E-state index in [9.17, 15) is 27.2 Å². The second-order valence-electron chi connectivity index (χ2n) is 4.19. The van der Waals surface area contributed by atoms with Crippen LogP contribution in [-0.4, -0.2) is 35.6 Å². The highest BCUT2D eigenvalue weighted by atomic mass is 19.2. The van der Waals surface area contributed by atoms with Gasteiger partial charge in [-0.2, -0.15) is 0 Å². The molecule has 5 nitrogen and oxygen atoms in total. The highest BCUT2D eigenvalue weighted by Gasteiger charge is 2.22. The second-order valence-corrected chi connectivity index (χ2v) is 4.19. The van der Waals surface area contributed by atoms with E-state index in [2.05, 4.69) is 0 Å². The molecule has 116 valence electrons. The maximum atomic E-state index is 13.3. The lowest BCUT2D eigenvalue weighted by Gasteiger charge is -2.18. The molecule has 1 rings (SSSR count). The van der Waals surface area contributed by atoms with Gasteiger partial charge in [-0.05, 0) is 6.42 Å². The maximum absolute atomic E-state index is 13.3. The zero-order valence-electron chi connectivity index (χ0n) is 10.9. The summed E-state index contributed by atoms with van der Waals surface area (Å²) in [6.07, 6.45) is -0.0866. The summed E-state index contributed by atoms with van der Waals surface area (Å²) < 4.78 is 52.6. The number of benzene rings is 1. The van der Waals surface area contributed by atoms with Gasteiger partial charge in [-0.3, -0.25) is 4.79 Å². The molecule has 0 aliphatic rings. The number of urea groups is 1. The van der Waals surface area contributed by atoms with E-state index in [1.54, 1.807) is 5.32 Å². The van der Waals surface area contributed by atoms with Crippen molar-refractivity contribution in [2.24, 2.45) is 0 Å². The predicted octanol–water partition coefficient (Wildman–Crippen LogP) is 2.57. The molecular weight excluding hydrogens is 296 g/mol. The van der Waals surface area contributed by atoms with Gasteiger partial charge in [-0.1, -0.05) is 0 Å². The van der Waals surface area contributed by atoms with Crippen LogP contribution in [-0.2, 0) is 4.79 Å². The molecule has 0 aliphatic carbocycles. The number of amides is 2.